The van der Waals surface area contributed by atoms with E-state index in [4.69, 9.17) is 14.0 Å². The van der Waals surface area contributed by atoms with Crippen LogP contribution in [0.3, 0.4) is 0 Å². The van der Waals surface area contributed by atoms with Crippen molar-refractivity contribution in [3.8, 4) is 0 Å². The van der Waals surface area contributed by atoms with Crippen LogP contribution in [0.2, 0.25) is 0 Å². The minimum atomic E-state index is -0.433. The van der Waals surface area contributed by atoms with Gasteiger partial charge in [0, 0.05) is 23.3 Å². The van der Waals surface area contributed by atoms with Gasteiger partial charge in [0.05, 0.1) is 23.4 Å². The number of aromatic nitrogens is 1. The summed E-state index contributed by atoms with van der Waals surface area (Å²) in [4.78, 5) is 16.5. The van der Waals surface area contributed by atoms with Crippen LogP contribution in [0.1, 0.15) is 69.1 Å². The highest BCUT2D eigenvalue weighted by molar-refractivity contribution is 6.62. The summed E-state index contributed by atoms with van der Waals surface area (Å²) >= 11 is 0. The van der Waals surface area contributed by atoms with E-state index in [1.807, 2.05) is 42.6 Å². The Bertz CT molecular complexity index is 847. The molecule has 1 aliphatic rings. The second-order valence-corrected chi connectivity index (χ2v) is 8.59. The standard InChI is InChI=1S/C23H30BNO4/c1-7-27-21(26)18-12-10-17(11-13-18)15-16(2)20-19(9-8-14-25-20)24-28-22(3,4)23(5,6)29-24/h8-14,16H,7,15H2,1-6H3/t16-/m0/s1. The van der Waals surface area contributed by atoms with E-state index in [-0.39, 0.29) is 11.9 Å². The van der Waals surface area contributed by atoms with Gasteiger partial charge < -0.3 is 14.0 Å². The number of rotatable bonds is 6. The molecule has 1 saturated heterocycles. The topological polar surface area (TPSA) is 57.7 Å². The first-order chi connectivity index (χ1) is 13.6. The average molecular weight is 395 g/mol. The summed E-state index contributed by atoms with van der Waals surface area (Å²) in [5, 5.41) is 0. The number of hydrogen-bond donors (Lipinski definition) is 0. The lowest BCUT2D eigenvalue weighted by Crippen LogP contribution is -2.41. The summed E-state index contributed by atoms with van der Waals surface area (Å²) in [6.45, 7) is 12.5. The number of esters is 1. The molecule has 0 amide bonds. The number of benzene rings is 1. The highest BCUT2D eigenvalue weighted by Gasteiger charge is 2.52. The summed E-state index contributed by atoms with van der Waals surface area (Å²) in [7, 11) is -0.433. The fraction of sp³-hybridized carbons (Fsp3) is 0.478. The second kappa shape index (κ2) is 8.29. The zero-order chi connectivity index (χ0) is 21.2. The van der Waals surface area contributed by atoms with E-state index in [0.717, 1.165) is 23.1 Å². The maximum Gasteiger partial charge on any atom is 0.496 e. The SMILES string of the molecule is CCOC(=O)c1ccc(C[C@H](C)c2ncccc2B2OC(C)(C)C(C)(C)O2)cc1. The third kappa shape index (κ3) is 4.54. The number of hydrogen-bond acceptors (Lipinski definition) is 5. The van der Waals surface area contributed by atoms with E-state index in [0.29, 0.717) is 12.2 Å². The third-order valence-corrected chi connectivity index (χ3v) is 5.85. The Hall–Kier alpha value is -2.18. The molecule has 2 heterocycles. The highest BCUT2D eigenvalue weighted by atomic mass is 16.7. The fourth-order valence-corrected chi connectivity index (χ4v) is 3.45. The monoisotopic (exact) mass is 395 g/mol. The number of ether oxygens (including phenoxy) is 1. The van der Waals surface area contributed by atoms with Crippen LogP contribution in [0.15, 0.2) is 42.6 Å². The third-order valence-electron chi connectivity index (χ3n) is 5.85. The minimum absolute atomic E-state index is 0.165. The van der Waals surface area contributed by atoms with Crippen LogP contribution in [0.25, 0.3) is 0 Å². The largest absolute Gasteiger partial charge is 0.496 e. The van der Waals surface area contributed by atoms with Crippen molar-refractivity contribution in [3.05, 3.63) is 59.4 Å². The molecule has 0 aliphatic carbocycles. The highest BCUT2D eigenvalue weighted by Crippen LogP contribution is 2.37. The van der Waals surface area contributed by atoms with Gasteiger partial charge in [-0.2, -0.15) is 0 Å². The summed E-state index contributed by atoms with van der Waals surface area (Å²) in [5.74, 6) is -0.126. The minimum Gasteiger partial charge on any atom is -0.462 e. The molecule has 1 aliphatic heterocycles. The van der Waals surface area contributed by atoms with Crippen molar-refractivity contribution in [1.82, 2.24) is 4.98 Å². The molecule has 0 spiro atoms. The second-order valence-electron chi connectivity index (χ2n) is 8.59. The maximum absolute atomic E-state index is 11.8. The quantitative estimate of drug-likeness (QED) is 0.549. The zero-order valence-electron chi connectivity index (χ0n) is 18.2. The van der Waals surface area contributed by atoms with Crippen molar-refractivity contribution >= 4 is 18.6 Å². The van der Waals surface area contributed by atoms with E-state index in [1.165, 1.54) is 0 Å². The molecular weight excluding hydrogens is 365 g/mol. The molecule has 6 heteroatoms. The number of carbonyl (C=O) groups is 1. The van der Waals surface area contributed by atoms with Crippen LogP contribution in [-0.4, -0.2) is 35.9 Å². The lowest BCUT2D eigenvalue weighted by molar-refractivity contribution is 0.00578. The lowest BCUT2D eigenvalue weighted by Gasteiger charge is -2.32. The fourth-order valence-electron chi connectivity index (χ4n) is 3.45. The van der Waals surface area contributed by atoms with Crippen LogP contribution in [0.4, 0.5) is 0 Å². The average Bonchev–Trinajstić information content (AvgIpc) is 2.90. The van der Waals surface area contributed by atoms with E-state index in [2.05, 4.69) is 39.6 Å². The molecule has 2 aromatic rings. The molecule has 0 saturated carbocycles. The molecule has 154 valence electrons. The zero-order valence-corrected chi connectivity index (χ0v) is 18.2. The predicted octanol–water partition coefficient (Wildman–Crippen LogP) is 3.90. The summed E-state index contributed by atoms with van der Waals surface area (Å²) < 4.78 is 17.5. The van der Waals surface area contributed by atoms with Crippen molar-refractivity contribution in [2.45, 2.75) is 65.1 Å². The molecule has 0 unspecified atom stereocenters. The Labute approximate surface area is 173 Å². The molecule has 3 rings (SSSR count). The van der Waals surface area contributed by atoms with Crippen LogP contribution in [-0.2, 0) is 20.5 Å². The number of carbonyl (C=O) groups excluding carboxylic acids is 1. The van der Waals surface area contributed by atoms with Gasteiger partial charge in [0.15, 0.2) is 0 Å². The Balaban J connectivity index is 1.77. The maximum atomic E-state index is 11.8. The summed E-state index contributed by atoms with van der Waals surface area (Å²) in [6.07, 6.45) is 2.61. The molecule has 0 bridgehead atoms. The van der Waals surface area contributed by atoms with Gasteiger partial charge in [0.2, 0.25) is 0 Å². The molecule has 1 fully saturated rings. The van der Waals surface area contributed by atoms with Crippen molar-refractivity contribution in [2.75, 3.05) is 6.61 Å². The first kappa shape index (κ1) is 21.5. The van der Waals surface area contributed by atoms with Crippen LogP contribution < -0.4 is 5.46 Å². The molecule has 0 N–H and O–H groups in total. The smallest absolute Gasteiger partial charge is 0.462 e. The Kier molecular flexibility index (Phi) is 6.15. The van der Waals surface area contributed by atoms with Crippen molar-refractivity contribution in [1.29, 1.82) is 0 Å². The summed E-state index contributed by atoms with van der Waals surface area (Å²) in [6, 6.07) is 11.5. The van der Waals surface area contributed by atoms with Crippen molar-refractivity contribution < 1.29 is 18.8 Å². The Morgan fingerprint density at radius 3 is 2.31 bits per heavy atom. The van der Waals surface area contributed by atoms with E-state index in [9.17, 15) is 4.79 Å². The first-order valence-electron chi connectivity index (χ1n) is 10.2. The van der Waals surface area contributed by atoms with E-state index < -0.39 is 18.3 Å². The van der Waals surface area contributed by atoms with Gasteiger partial charge in [0.1, 0.15) is 0 Å². The molecule has 0 radical (unpaired) electrons. The van der Waals surface area contributed by atoms with Crippen molar-refractivity contribution in [2.24, 2.45) is 0 Å². The number of pyridine rings is 1. The molecular formula is C23H30BNO4. The van der Waals surface area contributed by atoms with Gasteiger partial charge in [-0.15, -0.1) is 0 Å². The molecule has 29 heavy (non-hydrogen) atoms. The van der Waals surface area contributed by atoms with Gasteiger partial charge in [-0.05, 0) is 64.8 Å². The van der Waals surface area contributed by atoms with Crippen LogP contribution >= 0.6 is 0 Å². The molecule has 5 nitrogen and oxygen atoms in total. The lowest BCUT2D eigenvalue weighted by atomic mass is 9.75. The van der Waals surface area contributed by atoms with Gasteiger partial charge >= 0.3 is 13.1 Å². The van der Waals surface area contributed by atoms with E-state index >= 15 is 0 Å². The molecule has 1 atom stereocenters. The predicted molar refractivity (Wildman–Crippen MR) is 114 cm³/mol. The van der Waals surface area contributed by atoms with Gasteiger partial charge in [-0.25, -0.2) is 4.79 Å². The summed E-state index contributed by atoms with van der Waals surface area (Å²) in [5.41, 5.74) is 2.87. The molecule has 1 aromatic carbocycles. The van der Waals surface area contributed by atoms with Crippen LogP contribution in [0, 0.1) is 0 Å². The van der Waals surface area contributed by atoms with Gasteiger partial charge in [-0.3, -0.25) is 4.98 Å². The van der Waals surface area contributed by atoms with Crippen molar-refractivity contribution in [3.63, 3.8) is 0 Å². The van der Waals surface area contributed by atoms with E-state index in [1.54, 1.807) is 6.92 Å². The normalized spacial score (nSPS) is 18.5. The Morgan fingerprint density at radius 2 is 1.72 bits per heavy atom. The number of nitrogens with zero attached hydrogens (tertiary/aromatic N) is 1. The Morgan fingerprint density at radius 1 is 1.10 bits per heavy atom. The first-order valence-corrected chi connectivity index (χ1v) is 10.2. The van der Waals surface area contributed by atoms with Crippen LogP contribution in [0.5, 0.6) is 0 Å². The van der Waals surface area contributed by atoms with Gasteiger partial charge in [0.25, 0.3) is 0 Å². The van der Waals surface area contributed by atoms with Gasteiger partial charge in [-0.1, -0.05) is 25.1 Å². The molecule has 1 aromatic heterocycles.